The van der Waals surface area contributed by atoms with Crippen LogP contribution in [0.1, 0.15) is 22.8 Å². The summed E-state index contributed by atoms with van der Waals surface area (Å²) < 4.78 is 65.5. The first-order valence-corrected chi connectivity index (χ1v) is 12.8. The first kappa shape index (κ1) is 28.6. The van der Waals surface area contributed by atoms with Gasteiger partial charge in [-0.3, -0.25) is 14.9 Å². The number of hydrogen-bond donors (Lipinski definition) is 0. The third-order valence-corrected chi connectivity index (χ3v) is 6.92. The zero-order chi connectivity index (χ0) is 28.3. The summed E-state index contributed by atoms with van der Waals surface area (Å²) in [5, 5.41) is 11.1. The summed E-state index contributed by atoms with van der Waals surface area (Å²) in [5.41, 5.74) is -2.33. The number of halogens is 4. The second-order valence-electron chi connectivity index (χ2n) is 7.77. The minimum Gasteiger partial charge on any atom is -0.456 e. The molecule has 0 radical (unpaired) electrons. The number of carbonyl (C=O) groups is 2. The van der Waals surface area contributed by atoms with Gasteiger partial charge in [0.05, 0.1) is 25.2 Å². The van der Waals surface area contributed by atoms with Crippen LogP contribution in [0.25, 0.3) is 0 Å². The summed E-state index contributed by atoms with van der Waals surface area (Å²) in [4.78, 5) is 36.1. The van der Waals surface area contributed by atoms with E-state index in [4.69, 9.17) is 21.1 Å². The van der Waals surface area contributed by atoms with Crippen molar-refractivity contribution in [3.8, 4) is 11.5 Å². The summed E-state index contributed by atoms with van der Waals surface area (Å²) >= 11 is 5.87. The number of benzene rings is 3. The Labute approximate surface area is 219 Å². The number of nitrogens with zero attached hydrogens (tertiary/aromatic N) is 2. The fourth-order valence-electron chi connectivity index (χ4n) is 3.03. The van der Waals surface area contributed by atoms with E-state index < -0.39 is 60.6 Å². The molecule has 0 spiro atoms. The highest BCUT2D eigenvalue weighted by Crippen LogP contribution is 2.37. The average molecular weight is 571 g/mol. The second-order valence-corrected chi connectivity index (χ2v) is 10.4. The van der Waals surface area contributed by atoms with Crippen LogP contribution in [-0.2, 0) is 25.4 Å². The van der Waals surface area contributed by atoms with Crippen molar-refractivity contribution in [3.63, 3.8) is 0 Å². The van der Waals surface area contributed by atoms with Gasteiger partial charge in [-0.25, -0.2) is 9.00 Å². The van der Waals surface area contributed by atoms with Gasteiger partial charge in [-0.15, -0.1) is 0 Å². The Morgan fingerprint density at radius 2 is 1.74 bits per heavy atom. The lowest BCUT2D eigenvalue weighted by atomic mass is 10.1. The number of nitro benzene ring substituents is 1. The van der Waals surface area contributed by atoms with Crippen molar-refractivity contribution in [2.24, 2.45) is 4.36 Å². The highest BCUT2D eigenvalue weighted by molar-refractivity contribution is 7.93. The Morgan fingerprint density at radius 3 is 2.32 bits per heavy atom. The lowest BCUT2D eigenvalue weighted by Crippen LogP contribution is -2.24. The summed E-state index contributed by atoms with van der Waals surface area (Å²) in [7, 11) is -3.16. The van der Waals surface area contributed by atoms with Crippen molar-refractivity contribution in [2.45, 2.75) is 24.1 Å². The van der Waals surface area contributed by atoms with Gasteiger partial charge in [0.2, 0.25) is 0 Å². The smallest absolute Gasteiger partial charge is 0.416 e. The maximum Gasteiger partial charge on any atom is 0.416 e. The summed E-state index contributed by atoms with van der Waals surface area (Å²) in [6, 6.07) is 13.1. The van der Waals surface area contributed by atoms with E-state index in [0.29, 0.717) is 6.07 Å². The van der Waals surface area contributed by atoms with Crippen LogP contribution in [0, 0.1) is 10.1 Å². The molecule has 0 saturated carbocycles. The maximum atomic E-state index is 12.9. The molecule has 2 atom stereocenters. The normalized spacial score (nSPS) is 13.6. The molecular formula is C24H18ClF3N2O7S. The Balaban J connectivity index is 1.85. The number of esters is 1. The highest BCUT2D eigenvalue weighted by atomic mass is 35.5. The van der Waals surface area contributed by atoms with Crippen molar-refractivity contribution in [2.75, 3.05) is 6.26 Å². The van der Waals surface area contributed by atoms with E-state index in [-0.39, 0.29) is 16.4 Å². The molecule has 1 amide bonds. The van der Waals surface area contributed by atoms with Crippen molar-refractivity contribution in [1.82, 2.24) is 0 Å². The topological polar surface area (TPSA) is 125 Å². The number of alkyl halides is 3. The monoisotopic (exact) mass is 570 g/mol. The Kier molecular flexibility index (Phi) is 8.42. The molecule has 0 heterocycles. The van der Waals surface area contributed by atoms with E-state index in [2.05, 4.69) is 4.36 Å². The molecule has 0 aromatic heterocycles. The van der Waals surface area contributed by atoms with Crippen molar-refractivity contribution < 1.29 is 41.4 Å². The summed E-state index contributed by atoms with van der Waals surface area (Å²) in [5.74, 6) is -2.73. The van der Waals surface area contributed by atoms with E-state index >= 15 is 0 Å². The lowest BCUT2D eigenvalue weighted by molar-refractivity contribution is -0.385. The molecule has 38 heavy (non-hydrogen) atoms. The fraction of sp³-hybridized carbons (Fsp3) is 0.167. The fourth-order valence-corrected chi connectivity index (χ4v) is 4.51. The molecule has 2 unspecified atom stereocenters. The molecule has 0 fully saturated rings. The van der Waals surface area contributed by atoms with E-state index in [1.165, 1.54) is 18.4 Å². The number of carbonyl (C=O) groups excluding carboxylic acids is 2. The lowest BCUT2D eigenvalue weighted by Gasteiger charge is -2.13. The molecule has 0 aliphatic heterocycles. The van der Waals surface area contributed by atoms with Gasteiger partial charge in [0.1, 0.15) is 17.1 Å². The van der Waals surface area contributed by atoms with Crippen LogP contribution in [-0.4, -0.2) is 33.4 Å². The molecule has 0 aliphatic carbocycles. The zero-order valence-electron chi connectivity index (χ0n) is 19.6. The predicted octanol–water partition coefficient (Wildman–Crippen LogP) is 6.29. The molecule has 3 rings (SSSR count). The van der Waals surface area contributed by atoms with Crippen LogP contribution >= 0.6 is 11.6 Å². The molecule has 0 aliphatic rings. The highest BCUT2D eigenvalue weighted by Gasteiger charge is 2.31. The standard InChI is InChI=1S/C24H18ClF3N2O7S/c1-14(22(31)29-38(2,35)17-6-4-3-5-7-17)36-23(32)18-13-16(9-10-20(18)30(33)34)37-21-11-8-15(12-19(21)25)24(26,27)28/h3-14H,1-2H3. The molecular weight excluding hydrogens is 553 g/mol. The molecule has 3 aromatic rings. The third kappa shape index (κ3) is 6.86. The molecule has 200 valence electrons. The van der Waals surface area contributed by atoms with E-state index in [1.54, 1.807) is 18.2 Å². The van der Waals surface area contributed by atoms with Gasteiger partial charge in [-0.2, -0.15) is 17.5 Å². The summed E-state index contributed by atoms with van der Waals surface area (Å²) in [6.45, 7) is 1.15. The predicted molar refractivity (Wildman–Crippen MR) is 131 cm³/mol. The molecule has 0 saturated heterocycles. The number of amides is 1. The number of ether oxygens (including phenoxy) is 2. The van der Waals surface area contributed by atoms with Crippen LogP contribution in [0.5, 0.6) is 11.5 Å². The maximum absolute atomic E-state index is 12.9. The molecule has 0 N–H and O–H groups in total. The van der Waals surface area contributed by atoms with Gasteiger partial charge in [-0.05, 0) is 43.3 Å². The van der Waals surface area contributed by atoms with Crippen LogP contribution in [0.4, 0.5) is 18.9 Å². The van der Waals surface area contributed by atoms with Crippen LogP contribution in [0.2, 0.25) is 5.02 Å². The first-order chi connectivity index (χ1) is 17.7. The summed E-state index contributed by atoms with van der Waals surface area (Å²) in [6.07, 6.45) is -4.97. The Bertz CT molecular complexity index is 1520. The van der Waals surface area contributed by atoms with Crippen molar-refractivity contribution in [3.05, 3.63) is 93.0 Å². The van der Waals surface area contributed by atoms with E-state index in [9.17, 15) is 37.1 Å². The zero-order valence-corrected chi connectivity index (χ0v) is 21.2. The quantitative estimate of drug-likeness (QED) is 0.186. The van der Waals surface area contributed by atoms with Crippen LogP contribution in [0.15, 0.2) is 76.0 Å². The van der Waals surface area contributed by atoms with Crippen LogP contribution < -0.4 is 4.74 Å². The van der Waals surface area contributed by atoms with Gasteiger partial charge in [-0.1, -0.05) is 29.8 Å². The van der Waals surface area contributed by atoms with Gasteiger partial charge >= 0.3 is 12.1 Å². The van der Waals surface area contributed by atoms with Gasteiger partial charge in [0.15, 0.2) is 6.10 Å². The Hall–Kier alpha value is -3.97. The number of hydrogen-bond acceptors (Lipinski definition) is 7. The van der Waals surface area contributed by atoms with E-state index in [1.807, 2.05) is 0 Å². The SMILES string of the molecule is CC(OC(=O)c1cc(Oc2ccc(C(F)(F)F)cc2Cl)ccc1[N+](=O)[O-])C(=O)N=S(C)(=O)c1ccccc1. The minimum atomic E-state index is -4.64. The average Bonchev–Trinajstić information content (AvgIpc) is 2.84. The largest absolute Gasteiger partial charge is 0.456 e. The number of nitro groups is 1. The van der Waals surface area contributed by atoms with Gasteiger partial charge in [0.25, 0.3) is 11.6 Å². The first-order valence-electron chi connectivity index (χ1n) is 10.5. The minimum absolute atomic E-state index is 0.187. The van der Waals surface area contributed by atoms with E-state index in [0.717, 1.165) is 37.3 Å². The second kappa shape index (κ2) is 11.2. The van der Waals surface area contributed by atoms with Gasteiger partial charge in [0, 0.05) is 23.3 Å². The molecule has 3 aromatic carbocycles. The molecule has 9 nitrogen and oxygen atoms in total. The third-order valence-electron chi connectivity index (χ3n) is 4.95. The number of rotatable bonds is 7. The van der Waals surface area contributed by atoms with Crippen molar-refractivity contribution in [1.29, 1.82) is 0 Å². The molecule has 14 heteroatoms. The molecule has 0 bridgehead atoms. The van der Waals surface area contributed by atoms with Gasteiger partial charge < -0.3 is 9.47 Å². The Morgan fingerprint density at radius 1 is 1.08 bits per heavy atom. The van der Waals surface area contributed by atoms with Crippen LogP contribution in [0.3, 0.4) is 0 Å². The van der Waals surface area contributed by atoms with Crippen molar-refractivity contribution >= 4 is 38.9 Å².